The normalized spacial score (nSPS) is 14.5. The largest absolute Gasteiger partial charge is 0.348 e. The lowest BCUT2D eigenvalue weighted by Gasteiger charge is -2.23. The highest BCUT2D eigenvalue weighted by atomic mass is 35.5. The Kier molecular flexibility index (Phi) is 5.77. The van der Waals surface area contributed by atoms with Crippen molar-refractivity contribution in [2.45, 2.75) is 32.2 Å². The van der Waals surface area contributed by atoms with Gasteiger partial charge >= 0.3 is 0 Å². The van der Waals surface area contributed by atoms with Gasteiger partial charge in [0.05, 0.1) is 18.0 Å². The molecule has 0 heterocycles. The molecule has 144 valence electrons. The van der Waals surface area contributed by atoms with Gasteiger partial charge < -0.3 is 5.32 Å². The average Bonchev–Trinajstić information content (AvgIpc) is 3.06. The zero-order chi connectivity index (χ0) is 19.6. The van der Waals surface area contributed by atoms with E-state index in [4.69, 9.17) is 11.6 Å². The standard InChI is InChI=1S/C20H23ClN2O3S/c1-14(16-10-9-15-5-3-6-17(15)11-16)22-20(24)13-23(27(2,25)26)19-8-4-7-18(21)12-19/h4,7-12,14H,3,5-6,13H2,1-2H3,(H,22,24). The van der Waals surface area contributed by atoms with Gasteiger partial charge in [-0.05, 0) is 61.1 Å². The molecule has 1 aliphatic rings. The zero-order valence-electron chi connectivity index (χ0n) is 15.4. The molecule has 0 spiro atoms. The molecule has 0 aliphatic heterocycles. The second-order valence-electron chi connectivity index (χ2n) is 6.92. The van der Waals surface area contributed by atoms with E-state index in [0.717, 1.165) is 29.0 Å². The van der Waals surface area contributed by atoms with Gasteiger partial charge in [0.2, 0.25) is 15.9 Å². The molecular formula is C20H23ClN2O3S. The van der Waals surface area contributed by atoms with Gasteiger partial charge in [-0.25, -0.2) is 8.42 Å². The summed E-state index contributed by atoms with van der Waals surface area (Å²) in [6.07, 6.45) is 4.42. The Morgan fingerprint density at radius 3 is 2.63 bits per heavy atom. The molecule has 3 rings (SSSR count). The molecule has 0 saturated heterocycles. The number of hydrogen-bond acceptors (Lipinski definition) is 3. The minimum Gasteiger partial charge on any atom is -0.348 e. The van der Waals surface area contributed by atoms with Crippen LogP contribution in [0.15, 0.2) is 42.5 Å². The van der Waals surface area contributed by atoms with Crippen LogP contribution >= 0.6 is 11.6 Å². The van der Waals surface area contributed by atoms with Gasteiger partial charge in [-0.15, -0.1) is 0 Å². The van der Waals surface area contributed by atoms with Crippen molar-refractivity contribution < 1.29 is 13.2 Å². The molecule has 0 aromatic heterocycles. The first-order valence-corrected chi connectivity index (χ1v) is 11.1. The number of anilines is 1. The SMILES string of the molecule is CC(NC(=O)CN(c1cccc(Cl)c1)S(C)(=O)=O)c1ccc2c(c1)CCC2. The number of carbonyl (C=O) groups is 1. The third-order valence-corrected chi connectivity index (χ3v) is 6.16. The first-order valence-electron chi connectivity index (χ1n) is 8.88. The van der Waals surface area contributed by atoms with Crippen LogP contribution in [-0.4, -0.2) is 27.1 Å². The number of carbonyl (C=O) groups excluding carboxylic acids is 1. The molecule has 27 heavy (non-hydrogen) atoms. The Hall–Kier alpha value is -2.05. The summed E-state index contributed by atoms with van der Waals surface area (Å²) >= 11 is 5.96. The Bertz CT molecular complexity index is 959. The fourth-order valence-electron chi connectivity index (χ4n) is 3.39. The molecule has 2 aromatic carbocycles. The van der Waals surface area contributed by atoms with Crippen molar-refractivity contribution in [3.63, 3.8) is 0 Å². The van der Waals surface area contributed by atoms with E-state index in [0.29, 0.717) is 10.7 Å². The summed E-state index contributed by atoms with van der Waals surface area (Å²) in [5.74, 6) is -0.367. The molecule has 0 bridgehead atoms. The highest BCUT2D eigenvalue weighted by molar-refractivity contribution is 7.92. The second kappa shape index (κ2) is 7.90. The van der Waals surface area contributed by atoms with E-state index < -0.39 is 10.0 Å². The van der Waals surface area contributed by atoms with Crippen LogP contribution in [0.5, 0.6) is 0 Å². The number of sulfonamides is 1. The summed E-state index contributed by atoms with van der Waals surface area (Å²) in [5.41, 5.74) is 4.11. The van der Waals surface area contributed by atoms with Crippen molar-refractivity contribution >= 4 is 33.2 Å². The van der Waals surface area contributed by atoms with Gasteiger partial charge in [-0.2, -0.15) is 0 Å². The molecule has 1 unspecified atom stereocenters. The number of halogens is 1. The average molecular weight is 407 g/mol. The molecule has 5 nitrogen and oxygen atoms in total. The monoisotopic (exact) mass is 406 g/mol. The zero-order valence-corrected chi connectivity index (χ0v) is 17.0. The number of hydrogen-bond donors (Lipinski definition) is 1. The smallest absolute Gasteiger partial charge is 0.241 e. The van der Waals surface area contributed by atoms with E-state index in [-0.39, 0.29) is 18.5 Å². The summed E-state index contributed by atoms with van der Waals surface area (Å²) in [4.78, 5) is 12.5. The van der Waals surface area contributed by atoms with Gasteiger partial charge in [0.15, 0.2) is 0 Å². The molecule has 0 saturated carbocycles. The predicted octanol–water partition coefficient (Wildman–Crippen LogP) is 3.47. The van der Waals surface area contributed by atoms with Crippen LogP contribution in [0.25, 0.3) is 0 Å². The van der Waals surface area contributed by atoms with E-state index in [2.05, 4.69) is 17.4 Å². The van der Waals surface area contributed by atoms with Crippen LogP contribution < -0.4 is 9.62 Å². The van der Waals surface area contributed by atoms with Crippen molar-refractivity contribution in [2.75, 3.05) is 17.1 Å². The highest BCUT2D eigenvalue weighted by Crippen LogP contribution is 2.26. The number of aryl methyl sites for hydroxylation is 2. The lowest BCUT2D eigenvalue weighted by atomic mass is 10.0. The first-order chi connectivity index (χ1) is 12.7. The second-order valence-corrected chi connectivity index (χ2v) is 9.26. The summed E-state index contributed by atoms with van der Waals surface area (Å²) in [7, 11) is -3.62. The fourth-order valence-corrected chi connectivity index (χ4v) is 4.43. The van der Waals surface area contributed by atoms with Gasteiger partial charge in [0.25, 0.3) is 0 Å². The van der Waals surface area contributed by atoms with Gasteiger partial charge in [-0.1, -0.05) is 35.9 Å². The fraction of sp³-hybridized carbons (Fsp3) is 0.350. The number of rotatable bonds is 6. The van der Waals surface area contributed by atoms with Crippen LogP contribution in [-0.2, 0) is 27.7 Å². The summed E-state index contributed by atoms with van der Waals surface area (Å²) in [6, 6.07) is 12.5. The van der Waals surface area contributed by atoms with Gasteiger partial charge in [0, 0.05) is 5.02 Å². The third-order valence-electron chi connectivity index (χ3n) is 4.78. The number of amides is 1. The minimum atomic E-state index is -3.62. The lowest BCUT2D eigenvalue weighted by molar-refractivity contribution is -0.120. The molecule has 1 aliphatic carbocycles. The van der Waals surface area contributed by atoms with E-state index in [1.165, 1.54) is 23.6 Å². The molecule has 1 N–H and O–H groups in total. The minimum absolute atomic E-state index is 0.204. The third kappa shape index (κ3) is 4.82. The first kappa shape index (κ1) is 19.7. The van der Waals surface area contributed by atoms with Crippen LogP contribution in [0.1, 0.15) is 36.1 Å². The maximum atomic E-state index is 12.5. The van der Waals surface area contributed by atoms with Crippen molar-refractivity contribution in [3.05, 3.63) is 64.2 Å². The molecule has 1 amide bonds. The maximum Gasteiger partial charge on any atom is 0.241 e. The Balaban J connectivity index is 1.72. The van der Waals surface area contributed by atoms with E-state index in [1.54, 1.807) is 18.2 Å². The van der Waals surface area contributed by atoms with Crippen molar-refractivity contribution in [2.24, 2.45) is 0 Å². The van der Waals surface area contributed by atoms with E-state index in [9.17, 15) is 13.2 Å². The number of nitrogens with one attached hydrogen (secondary N) is 1. The van der Waals surface area contributed by atoms with Crippen molar-refractivity contribution in [1.82, 2.24) is 5.32 Å². The van der Waals surface area contributed by atoms with Crippen LogP contribution in [0, 0.1) is 0 Å². The Morgan fingerprint density at radius 2 is 1.93 bits per heavy atom. The lowest BCUT2D eigenvalue weighted by Crippen LogP contribution is -2.41. The number of nitrogens with zero attached hydrogens (tertiary/aromatic N) is 1. The van der Waals surface area contributed by atoms with Gasteiger partial charge in [0.1, 0.15) is 6.54 Å². The predicted molar refractivity (Wildman–Crippen MR) is 109 cm³/mol. The Morgan fingerprint density at radius 1 is 1.19 bits per heavy atom. The van der Waals surface area contributed by atoms with Crippen molar-refractivity contribution in [3.8, 4) is 0 Å². The summed E-state index contributed by atoms with van der Waals surface area (Å²) in [6.45, 7) is 1.60. The van der Waals surface area contributed by atoms with E-state index in [1.807, 2.05) is 13.0 Å². The van der Waals surface area contributed by atoms with Crippen LogP contribution in [0.4, 0.5) is 5.69 Å². The number of fused-ring (bicyclic) bond motifs is 1. The molecule has 0 fully saturated rings. The topological polar surface area (TPSA) is 66.5 Å². The summed E-state index contributed by atoms with van der Waals surface area (Å²) in [5, 5.41) is 3.31. The molecular weight excluding hydrogens is 384 g/mol. The highest BCUT2D eigenvalue weighted by Gasteiger charge is 2.22. The van der Waals surface area contributed by atoms with Crippen LogP contribution in [0.3, 0.4) is 0 Å². The number of benzene rings is 2. The quantitative estimate of drug-likeness (QED) is 0.798. The van der Waals surface area contributed by atoms with Crippen molar-refractivity contribution in [1.29, 1.82) is 0 Å². The molecule has 7 heteroatoms. The Labute approximate surface area is 165 Å². The van der Waals surface area contributed by atoms with Gasteiger partial charge in [-0.3, -0.25) is 9.10 Å². The molecule has 1 atom stereocenters. The van der Waals surface area contributed by atoms with Crippen LogP contribution in [0.2, 0.25) is 5.02 Å². The molecule has 2 aromatic rings. The summed E-state index contributed by atoms with van der Waals surface area (Å²) < 4.78 is 25.4. The molecule has 0 radical (unpaired) electrons. The van der Waals surface area contributed by atoms with E-state index >= 15 is 0 Å². The maximum absolute atomic E-state index is 12.5.